The first-order valence-corrected chi connectivity index (χ1v) is 9.29. The molecule has 0 radical (unpaired) electrons. The molecule has 4 N–H and O–H groups in total. The van der Waals surface area contributed by atoms with Crippen LogP contribution in [0.3, 0.4) is 0 Å². The normalized spacial score (nSPS) is 23.7. The number of fused-ring (bicyclic) bond motifs is 2. The Balaban J connectivity index is 1.56. The Hall–Kier alpha value is -2.80. The minimum absolute atomic E-state index is 0.0505. The Bertz CT molecular complexity index is 1070. The van der Waals surface area contributed by atoms with E-state index in [9.17, 15) is 9.90 Å². The fourth-order valence-corrected chi connectivity index (χ4v) is 4.44. The predicted molar refractivity (Wildman–Crippen MR) is 102 cm³/mol. The number of aromatic nitrogens is 3. The molecule has 5 rings (SSSR count). The summed E-state index contributed by atoms with van der Waals surface area (Å²) in [6, 6.07) is 5.81. The van der Waals surface area contributed by atoms with Crippen LogP contribution in [0.4, 0.5) is 11.5 Å². The summed E-state index contributed by atoms with van der Waals surface area (Å²) in [5.74, 6) is 0.356. The highest BCUT2D eigenvalue weighted by Crippen LogP contribution is 2.44. The third kappa shape index (κ3) is 2.45. The summed E-state index contributed by atoms with van der Waals surface area (Å²) in [6.45, 7) is 0. The number of aliphatic carboxylic acids is 1. The number of rotatable bonds is 3. The zero-order chi connectivity index (χ0) is 18.7. The van der Waals surface area contributed by atoms with Crippen molar-refractivity contribution in [3.8, 4) is 0 Å². The highest BCUT2D eigenvalue weighted by Gasteiger charge is 2.39. The smallest absolute Gasteiger partial charge is 0.306 e. The van der Waals surface area contributed by atoms with Crippen LogP contribution >= 0.6 is 11.6 Å². The van der Waals surface area contributed by atoms with Gasteiger partial charge in [-0.1, -0.05) is 23.7 Å². The lowest BCUT2D eigenvalue weighted by Crippen LogP contribution is -2.30. The fourth-order valence-electron chi connectivity index (χ4n) is 4.19. The number of nitrogens with one attached hydrogen (secondary N) is 1. The van der Waals surface area contributed by atoms with Crippen LogP contribution in [-0.2, 0) is 11.2 Å². The maximum atomic E-state index is 11.2. The van der Waals surface area contributed by atoms with E-state index < -0.39 is 5.97 Å². The lowest BCUT2D eigenvalue weighted by molar-refractivity contribution is -0.145. The maximum Gasteiger partial charge on any atom is 0.306 e. The average Bonchev–Trinajstić information content (AvgIpc) is 3.17. The number of hydrogen-bond donors (Lipinski definition) is 3. The molecule has 0 bridgehead atoms. The molecule has 3 aromatic rings. The molecule has 8 heteroatoms. The first-order valence-electron chi connectivity index (χ1n) is 8.92. The number of benzene rings is 1. The van der Waals surface area contributed by atoms with Gasteiger partial charge in [-0.15, -0.1) is 0 Å². The SMILES string of the molecule is Nc1nccn2c(C3CC(C(=O)O)C3)nc(C3Cc4cccc(Cl)c4N3)c12. The number of carboxylic acids is 1. The summed E-state index contributed by atoms with van der Waals surface area (Å²) in [7, 11) is 0. The molecule has 0 amide bonds. The summed E-state index contributed by atoms with van der Waals surface area (Å²) in [5.41, 5.74) is 9.89. The van der Waals surface area contributed by atoms with Gasteiger partial charge in [-0.2, -0.15) is 0 Å². The predicted octanol–water partition coefficient (Wildman–Crippen LogP) is 3.25. The monoisotopic (exact) mass is 383 g/mol. The highest BCUT2D eigenvalue weighted by molar-refractivity contribution is 6.33. The number of nitrogens with zero attached hydrogens (tertiary/aromatic N) is 3. The molecular weight excluding hydrogens is 366 g/mol. The van der Waals surface area contributed by atoms with Crippen molar-refractivity contribution < 1.29 is 9.90 Å². The van der Waals surface area contributed by atoms with Crippen LogP contribution in [0.1, 0.15) is 41.9 Å². The number of hydrogen-bond acceptors (Lipinski definition) is 5. The van der Waals surface area contributed by atoms with E-state index in [1.165, 1.54) is 0 Å². The van der Waals surface area contributed by atoms with Crippen LogP contribution in [0.5, 0.6) is 0 Å². The molecular formula is C19H18ClN5O2. The fraction of sp³-hybridized carbons (Fsp3) is 0.316. The van der Waals surface area contributed by atoms with Crippen molar-refractivity contribution in [2.24, 2.45) is 5.92 Å². The molecule has 0 saturated heterocycles. The van der Waals surface area contributed by atoms with E-state index in [2.05, 4.69) is 16.4 Å². The Kier molecular flexibility index (Phi) is 3.55. The molecule has 1 unspecified atom stereocenters. The Morgan fingerprint density at radius 1 is 1.37 bits per heavy atom. The molecule has 2 aromatic heterocycles. The summed E-state index contributed by atoms with van der Waals surface area (Å²) in [5, 5.41) is 13.3. The van der Waals surface area contributed by atoms with Gasteiger partial charge in [0.1, 0.15) is 17.2 Å². The van der Waals surface area contributed by atoms with Gasteiger partial charge >= 0.3 is 5.97 Å². The van der Waals surface area contributed by atoms with Crippen LogP contribution in [0.2, 0.25) is 5.02 Å². The Morgan fingerprint density at radius 3 is 2.93 bits per heavy atom. The van der Waals surface area contributed by atoms with Gasteiger partial charge in [-0.3, -0.25) is 9.20 Å². The first kappa shape index (κ1) is 16.4. The van der Waals surface area contributed by atoms with Gasteiger partial charge in [0, 0.05) is 24.7 Å². The van der Waals surface area contributed by atoms with Crippen molar-refractivity contribution in [3.63, 3.8) is 0 Å². The van der Waals surface area contributed by atoms with E-state index in [1.807, 2.05) is 22.7 Å². The first-order chi connectivity index (χ1) is 13.0. The van der Waals surface area contributed by atoms with E-state index in [-0.39, 0.29) is 17.9 Å². The summed E-state index contributed by atoms with van der Waals surface area (Å²) in [6.07, 6.45) is 5.46. The standard InChI is InChI=1S/C19H18ClN5O2/c20-12-3-1-2-9-8-13(23-14(9)12)15-16-17(21)22-4-5-25(16)18(24-15)10-6-11(7-10)19(26)27/h1-5,10-11,13,23H,6-8H2,(H2,21,22)(H,26,27). The lowest BCUT2D eigenvalue weighted by Gasteiger charge is -2.31. The second-order valence-electron chi connectivity index (χ2n) is 7.26. The third-order valence-electron chi connectivity index (χ3n) is 5.66. The molecule has 27 heavy (non-hydrogen) atoms. The number of halogens is 1. The van der Waals surface area contributed by atoms with E-state index in [1.54, 1.807) is 6.20 Å². The van der Waals surface area contributed by atoms with Gasteiger partial charge in [0.05, 0.1) is 28.4 Å². The Morgan fingerprint density at radius 2 is 2.19 bits per heavy atom. The van der Waals surface area contributed by atoms with Crippen molar-refractivity contribution >= 4 is 34.6 Å². The molecule has 1 aliphatic carbocycles. The van der Waals surface area contributed by atoms with Gasteiger partial charge in [0.25, 0.3) is 0 Å². The number of nitrogen functional groups attached to an aromatic ring is 1. The molecule has 2 aliphatic rings. The van der Waals surface area contributed by atoms with Gasteiger partial charge < -0.3 is 16.2 Å². The van der Waals surface area contributed by atoms with E-state index in [4.69, 9.17) is 22.3 Å². The topological polar surface area (TPSA) is 106 Å². The van der Waals surface area contributed by atoms with Crippen LogP contribution in [0.25, 0.3) is 5.52 Å². The summed E-state index contributed by atoms with van der Waals surface area (Å²) in [4.78, 5) is 20.3. The van der Waals surface area contributed by atoms with Crippen LogP contribution < -0.4 is 11.1 Å². The minimum atomic E-state index is -0.740. The molecule has 1 saturated carbocycles. The van der Waals surface area contributed by atoms with Crippen molar-refractivity contribution in [1.82, 2.24) is 14.4 Å². The van der Waals surface area contributed by atoms with Crippen LogP contribution in [0, 0.1) is 5.92 Å². The second kappa shape index (κ2) is 5.85. The molecule has 1 aromatic carbocycles. The van der Waals surface area contributed by atoms with Gasteiger partial charge in [-0.25, -0.2) is 9.97 Å². The van der Waals surface area contributed by atoms with E-state index >= 15 is 0 Å². The number of carboxylic acid groups (broad SMARTS) is 1. The number of carbonyl (C=O) groups is 1. The molecule has 0 spiro atoms. The van der Waals surface area contributed by atoms with Gasteiger partial charge in [0.2, 0.25) is 0 Å². The molecule has 1 fully saturated rings. The minimum Gasteiger partial charge on any atom is -0.481 e. The number of para-hydroxylation sites is 1. The number of nitrogens with two attached hydrogens (primary N) is 1. The van der Waals surface area contributed by atoms with Gasteiger partial charge in [0.15, 0.2) is 0 Å². The molecule has 7 nitrogen and oxygen atoms in total. The second-order valence-corrected chi connectivity index (χ2v) is 7.67. The van der Waals surface area contributed by atoms with Crippen molar-refractivity contribution in [3.05, 3.63) is 52.7 Å². The zero-order valence-corrected chi connectivity index (χ0v) is 15.1. The lowest BCUT2D eigenvalue weighted by atomic mass is 9.74. The number of anilines is 2. The third-order valence-corrected chi connectivity index (χ3v) is 5.98. The zero-order valence-electron chi connectivity index (χ0n) is 14.4. The largest absolute Gasteiger partial charge is 0.481 e. The average molecular weight is 384 g/mol. The molecule has 138 valence electrons. The highest BCUT2D eigenvalue weighted by atomic mass is 35.5. The maximum absolute atomic E-state index is 11.2. The molecule has 1 atom stereocenters. The summed E-state index contributed by atoms with van der Waals surface area (Å²) < 4.78 is 1.96. The van der Waals surface area contributed by atoms with E-state index in [0.29, 0.717) is 23.7 Å². The van der Waals surface area contributed by atoms with Gasteiger partial charge in [-0.05, 0) is 24.5 Å². The van der Waals surface area contributed by atoms with Crippen LogP contribution in [0.15, 0.2) is 30.6 Å². The van der Waals surface area contributed by atoms with Crippen molar-refractivity contribution in [1.29, 1.82) is 0 Å². The van der Waals surface area contributed by atoms with E-state index in [0.717, 1.165) is 34.7 Å². The Labute approximate surface area is 160 Å². The molecule has 1 aliphatic heterocycles. The summed E-state index contributed by atoms with van der Waals surface area (Å²) >= 11 is 6.32. The van der Waals surface area contributed by atoms with Crippen LogP contribution in [-0.4, -0.2) is 25.4 Å². The molecule has 3 heterocycles. The van der Waals surface area contributed by atoms with Crippen molar-refractivity contribution in [2.45, 2.75) is 31.2 Å². The van der Waals surface area contributed by atoms with Crippen molar-refractivity contribution in [2.75, 3.05) is 11.1 Å². The quantitative estimate of drug-likeness (QED) is 0.641. The number of imidazole rings is 1.